The van der Waals surface area contributed by atoms with E-state index in [-0.39, 0.29) is 52.6 Å². The molecule has 0 radical (unpaired) electrons. The van der Waals surface area contributed by atoms with E-state index in [0.29, 0.717) is 38.5 Å². The number of carbonyl (C=O) groups is 1. The summed E-state index contributed by atoms with van der Waals surface area (Å²) >= 11 is 0. The molecule has 0 spiro atoms. The molecule has 0 aromatic carbocycles. The van der Waals surface area contributed by atoms with E-state index in [2.05, 4.69) is 40.7 Å². The van der Waals surface area contributed by atoms with Crippen molar-refractivity contribution < 1.29 is 114 Å². The van der Waals surface area contributed by atoms with Crippen LogP contribution in [0.25, 0.3) is 0 Å². The van der Waals surface area contributed by atoms with Crippen LogP contribution in [0.4, 0.5) is 0 Å². The van der Waals surface area contributed by atoms with Gasteiger partial charge in [-0.15, -0.1) is 0 Å². The van der Waals surface area contributed by atoms with Gasteiger partial charge < -0.3 is 109 Å². The van der Waals surface area contributed by atoms with Gasteiger partial charge in [-0.05, 0) is 104 Å². The van der Waals surface area contributed by atoms with Gasteiger partial charge in [0.25, 0.3) is 0 Å². The quantitative estimate of drug-likeness (QED) is 0.0549. The summed E-state index contributed by atoms with van der Waals surface area (Å²) in [5, 5.41) is 149. The summed E-state index contributed by atoms with van der Waals surface area (Å²) in [5.41, 5.74) is -1.53. The Hall–Kier alpha value is -1.63. The summed E-state index contributed by atoms with van der Waals surface area (Å²) in [6.07, 6.45) is -22.7. The van der Waals surface area contributed by atoms with Crippen LogP contribution < -0.4 is 0 Å². The minimum absolute atomic E-state index is 0.0253. The van der Waals surface area contributed by atoms with Gasteiger partial charge in [-0.25, -0.2) is 0 Å². The number of carbonyl (C=O) groups excluding carboxylic acids is 1. The standard InChI is InChI=1S/C53H86O23/c1-48(2)13-15-53(47(68)76-46-40(66)36(62)34(60)28(73-46)21-70-43-41(67)37(63)42(27(19-55)72-43)75-45-39(65)35(61)33(59)26(18-54)71-45)16-14-51(5)23(24(53)17-48)7-8-30-49(3)11-10-31(74-44-38(64)32(58)25(57)20-69-44)50(4,22-56)29(49)9-12-52(30,51)6/h7,24-46,54-67H,8-22H2,1-6H3/t24-,25-,26+,27+,28+,29+,30+,31-,32-,33+,34+,35-,36-,37+,38+,39+,40+,41+,42+,43+,44-,45-,46-,49-,50-,51+,52+,53-/m0/s1. The average molecular weight is 1090 g/mol. The molecule has 4 saturated carbocycles. The van der Waals surface area contributed by atoms with Crippen molar-refractivity contribution >= 4 is 5.97 Å². The second-order valence-electron chi connectivity index (χ2n) is 25.7. The number of hydrogen-bond donors (Lipinski definition) is 14. The monoisotopic (exact) mass is 1090 g/mol. The van der Waals surface area contributed by atoms with Crippen LogP contribution in [0.2, 0.25) is 0 Å². The van der Waals surface area contributed by atoms with Crippen LogP contribution in [0.15, 0.2) is 11.6 Å². The summed E-state index contributed by atoms with van der Waals surface area (Å²) in [6.45, 7) is 10.9. The molecule has 8 fully saturated rings. The fourth-order valence-electron chi connectivity index (χ4n) is 16.2. The zero-order valence-corrected chi connectivity index (χ0v) is 44.4. The number of fused-ring (bicyclic) bond motifs is 7. The van der Waals surface area contributed by atoms with Gasteiger partial charge in [-0.1, -0.05) is 53.2 Å². The molecule has 4 aliphatic heterocycles. The zero-order valence-electron chi connectivity index (χ0n) is 44.4. The highest BCUT2D eigenvalue weighted by molar-refractivity contribution is 5.79. The molecule has 436 valence electrons. The maximum Gasteiger partial charge on any atom is 0.315 e. The summed E-state index contributed by atoms with van der Waals surface area (Å²) < 4.78 is 46.7. The first-order valence-electron chi connectivity index (χ1n) is 27.4. The van der Waals surface area contributed by atoms with E-state index in [1.807, 2.05) is 6.92 Å². The normalized spacial score (nSPS) is 54.3. The smallest absolute Gasteiger partial charge is 0.315 e. The van der Waals surface area contributed by atoms with Gasteiger partial charge in [-0.2, -0.15) is 0 Å². The number of aliphatic hydroxyl groups is 14. The summed E-state index contributed by atoms with van der Waals surface area (Å²) in [5.74, 6) is -0.654. The van der Waals surface area contributed by atoms with Crippen LogP contribution in [-0.4, -0.2) is 233 Å². The number of allylic oxidation sites excluding steroid dienone is 2. The molecule has 28 atom stereocenters. The molecule has 0 bridgehead atoms. The minimum atomic E-state index is -1.92. The molecule has 4 heterocycles. The zero-order chi connectivity index (χ0) is 55.4. The van der Waals surface area contributed by atoms with E-state index < -0.39 is 159 Å². The largest absolute Gasteiger partial charge is 0.432 e. The first-order chi connectivity index (χ1) is 35.7. The molecule has 9 rings (SSSR count). The van der Waals surface area contributed by atoms with Gasteiger partial charge in [0.05, 0.1) is 44.6 Å². The van der Waals surface area contributed by atoms with Crippen molar-refractivity contribution in [2.75, 3.05) is 33.0 Å². The lowest BCUT2D eigenvalue weighted by molar-refractivity contribution is -0.364. The molecule has 0 amide bonds. The topological polar surface area (TPSA) is 374 Å². The fourth-order valence-corrected chi connectivity index (χ4v) is 16.2. The second kappa shape index (κ2) is 21.6. The Kier molecular flexibility index (Phi) is 16.8. The van der Waals surface area contributed by atoms with E-state index >= 15 is 4.79 Å². The number of esters is 1. The first kappa shape index (κ1) is 59.0. The molecule has 4 saturated heterocycles. The minimum Gasteiger partial charge on any atom is -0.432 e. The van der Waals surface area contributed by atoms with E-state index in [0.717, 1.165) is 25.7 Å². The predicted molar refractivity (Wildman–Crippen MR) is 258 cm³/mol. The molecule has 23 heteroatoms. The van der Waals surface area contributed by atoms with Crippen LogP contribution in [0, 0.1) is 50.2 Å². The molecule has 9 aliphatic rings. The number of hydrogen-bond acceptors (Lipinski definition) is 23. The number of rotatable bonds is 12. The van der Waals surface area contributed by atoms with Crippen molar-refractivity contribution in [1.29, 1.82) is 0 Å². The van der Waals surface area contributed by atoms with Crippen LogP contribution in [0.3, 0.4) is 0 Å². The third kappa shape index (κ3) is 9.56. The molecule has 76 heavy (non-hydrogen) atoms. The third-order valence-corrected chi connectivity index (χ3v) is 21.2. The first-order valence-corrected chi connectivity index (χ1v) is 27.4. The van der Waals surface area contributed by atoms with Crippen molar-refractivity contribution in [3.8, 4) is 0 Å². The van der Waals surface area contributed by atoms with Gasteiger partial charge in [0.15, 0.2) is 18.9 Å². The Labute approximate surface area is 442 Å². The molecule has 23 nitrogen and oxygen atoms in total. The van der Waals surface area contributed by atoms with Crippen LogP contribution >= 0.6 is 0 Å². The van der Waals surface area contributed by atoms with Crippen molar-refractivity contribution in [3.63, 3.8) is 0 Å². The number of aliphatic hydroxyl groups excluding tert-OH is 14. The Bertz CT molecular complexity index is 2080. The van der Waals surface area contributed by atoms with Crippen molar-refractivity contribution in [3.05, 3.63) is 11.6 Å². The van der Waals surface area contributed by atoms with Gasteiger partial charge in [0.1, 0.15) is 91.6 Å². The second-order valence-corrected chi connectivity index (χ2v) is 25.7. The highest BCUT2D eigenvalue weighted by Gasteiger charge is 2.70. The lowest BCUT2D eigenvalue weighted by Gasteiger charge is -2.71. The Morgan fingerprint density at radius 2 is 1.21 bits per heavy atom. The SMILES string of the molecule is CC1(C)CC[C@]2(C(=O)O[C@@H]3O[C@H](CO[C@@H]4O[C@H](CO)[C@@H](O[C@@H]5O[C@H](CO)[C@@H](O)[C@H](O)[C@H]5O)[C@H](O)[C@H]4O)[C@@H](O)[C@H](O)[C@H]3O)CC[C@]3(C)C(=CC[C@@H]4[C@@]5(C)CC[C@H](O[C@@H]6OC[C@H](O)[C@H](O)[C@H]6O)[C@@](C)(CO)[C@@H]5CC[C@]43C)[C@@H]2C1. The van der Waals surface area contributed by atoms with Crippen LogP contribution in [0.1, 0.15) is 106 Å². The summed E-state index contributed by atoms with van der Waals surface area (Å²) in [4.78, 5) is 15.1. The van der Waals surface area contributed by atoms with E-state index in [9.17, 15) is 71.5 Å². The summed E-state index contributed by atoms with van der Waals surface area (Å²) in [7, 11) is 0. The van der Waals surface area contributed by atoms with Gasteiger partial charge in [-0.3, -0.25) is 4.79 Å². The molecule has 14 N–H and O–H groups in total. The molecule has 0 unspecified atom stereocenters. The maximum atomic E-state index is 15.1. The van der Waals surface area contributed by atoms with Crippen LogP contribution in [-0.2, 0) is 42.7 Å². The van der Waals surface area contributed by atoms with Gasteiger partial charge in [0, 0.05) is 5.41 Å². The molecule has 0 aromatic heterocycles. The maximum absolute atomic E-state index is 15.1. The molecule has 0 aromatic rings. The molecular weight excluding hydrogens is 1000 g/mol. The van der Waals surface area contributed by atoms with Crippen molar-refractivity contribution in [1.82, 2.24) is 0 Å². The Balaban J connectivity index is 0.895. The molecule has 5 aliphatic carbocycles. The predicted octanol–water partition coefficient (Wildman–Crippen LogP) is -2.42. The van der Waals surface area contributed by atoms with Gasteiger partial charge in [0.2, 0.25) is 6.29 Å². The Morgan fingerprint density at radius 3 is 1.88 bits per heavy atom. The van der Waals surface area contributed by atoms with E-state index in [1.54, 1.807) is 0 Å². The van der Waals surface area contributed by atoms with E-state index in [4.69, 9.17) is 37.9 Å². The third-order valence-electron chi connectivity index (χ3n) is 21.2. The van der Waals surface area contributed by atoms with Gasteiger partial charge >= 0.3 is 5.97 Å². The van der Waals surface area contributed by atoms with Crippen molar-refractivity contribution in [2.24, 2.45) is 50.2 Å². The highest BCUT2D eigenvalue weighted by Crippen LogP contribution is 2.76. The Morgan fingerprint density at radius 1 is 0.605 bits per heavy atom. The number of ether oxygens (including phenoxy) is 8. The highest BCUT2D eigenvalue weighted by atomic mass is 16.8. The van der Waals surface area contributed by atoms with Crippen molar-refractivity contribution in [2.45, 2.75) is 229 Å². The summed E-state index contributed by atoms with van der Waals surface area (Å²) in [6, 6.07) is 0. The lowest BCUT2D eigenvalue weighted by Crippen LogP contribution is -2.67. The molecular formula is C53H86O23. The average Bonchev–Trinajstić information content (AvgIpc) is 3.49. The van der Waals surface area contributed by atoms with E-state index in [1.165, 1.54) is 5.57 Å². The lowest BCUT2D eigenvalue weighted by atomic mass is 9.33. The fraction of sp³-hybridized carbons (Fsp3) is 0.943. The van der Waals surface area contributed by atoms with Crippen LogP contribution in [0.5, 0.6) is 0 Å².